The molecule has 0 atom stereocenters. The fourth-order valence-corrected chi connectivity index (χ4v) is 2.31. The number of carbonyl (C=O) groups is 1. The van der Waals surface area contributed by atoms with Gasteiger partial charge in [0.2, 0.25) is 0 Å². The zero-order chi connectivity index (χ0) is 14.7. The normalized spacial score (nSPS) is 10.2. The largest absolute Gasteiger partial charge is 0.398 e. The number of rotatable bonds is 2. The molecule has 20 heavy (non-hydrogen) atoms. The van der Waals surface area contributed by atoms with Crippen LogP contribution in [0.1, 0.15) is 0 Å². The van der Waals surface area contributed by atoms with Gasteiger partial charge in [0, 0.05) is 31.6 Å². The van der Waals surface area contributed by atoms with E-state index >= 15 is 0 Å². The molecule has 2 aromatic rings. The molecule has 7 heteroatoms. The minimum atomic E-state index is -0.412. The third-order valence-corrected chi connectivity index (χ3v) is 3.53. The average molecular weight is 375 g/mol. The minimum Gasteiger partial charge on any atom is -0.398 e. The lowest BCUT2D eigenvalue weighted by Crippen LogP contribution is -2.19. The number of nitrogens with two attached hydrogens (primary N) is 1. The highest BCUT2D eigenvalue weighted by molar-refractivity contribution is 9.10. The highest BCUT2D eigenvalue weighted by Crippen LogP contribution is 2.24. The van der Waals surface area contributed by atoms with Gasteiger partial charge < -0.3 is 16.4 Å². The predicted molar refractivity (Wildman–Crippen MR) is 87.7 cm³/mol. The molecule has 0 saturated carbocycles. The molecular weight excluding hydrogens is 365 g/mol. The van der Waals surface area contributed by atoms with E-state index < -0.39 is 6.03 Å². The maximum Gasteiger partial charge on any atom is 0.323 e. The predicted octanol–water partition coefficient (Wildman–Crippen LogP) is 4.98. The number of amides is 2. The summed E-state index contributed by atoms with van der Waals surface area (Å²) in [5, 5.41) is 6.19. The van der Waals surface area contributed by atoms with E-state index in [1.165, 1.54) is 0 Å². The highest BCUT2D eigenvalue weighted by atomic mass is 79.9. The number of nitrogens with one attached hydrogen (secondary N) is 2. The van der Waals surface area contributed by atoms with E-state index in [4.69, 9.17) is 28.9 Å². The first-order valence-electron chi connectivity index (χ1n) is 5.53. The second-order valence-corrected chi connectivity index (χ2v) is 5.70. The maximum absolute atomic E-state index is 11.8. The first kappa shape index (κ1) is 15.0. The van der Waals surface area contributed by atoms with Crippen molar-refractivity contribution >= 4 is 62.2 Å². The van der Waals surface area contributed by atoms with E-state index in [0.717, 1.165) is 4.47 Å². The van der Waals surface area contributed by atoms with E-state index in [1.54, 1.807) is 36.4 Å². The molecule has 0 aliphatic carbocycles. The summed E-state index contributed by atoms with van der Waals surface area (Å²) in [7, 11) is 0. The zero-order valence-corrected chi connectivity index (χ0v) is 13.2. The molecule has 0 saturated heterocycles. The second kappa shape index (κ2) is 6.35. The van der Waals surface area contributed by atoms with Gasteiger partial charge in [0.05, 0.1) is 0 Å². The van der Waals surface area contributed by atoms with Gasteiger partial charge >= 0.3 is 6.03 Å². The van der Waals surface area contributed by atoms with Crippen molar-refractivity contribution in [1.29, 1.82) is 0 Å². The minimum absolute atomic E-state index is 0.412. The van der Waals surface area contributed by atoms with Crippen LogP contribution in [0.2, 0.25) is 10.0 Å². The van der Waals surface area contributed by atoms with E-state index in [9.17, 15) is 4.79 Å². The van der Waals surface area contributed by atoms with Gasteiger partial charge in [0.25, 0.3) is 0 Å². The topological polar surface area (TPSA) is 67.1 Å². The number of benzene rings is 2. The summed E-state index contributed by atoms with van der Waals surface area (Å²) in [5.41, 5.74) is 7.36. The molecule has 0 spiro atoms. The second-order valence-electron chi connectivity index (χ2n) is 3.97. The molecule has 2 rings (SSSR count). The fourth-order valence-electron chi connectivity index (χ4n) is 1.54. The van der Waals surface area contributed by atoms with Crippen LogP contribution in [0.5, 0.6) is 0 Å². The maximum atomic E-state index is 11.8. The lowest BCUT2D eigenvalue weighted by molar-refractivity contribution is 0.262. The van der Waals surface area contributed by atoms with Crippen LogP contribution in [0.25, 0.3) is 0 Å². The Morgan fingerprint density at radius 2 is 1.60 bits per heavy atom. The van der Waals surface area contributed by atoms with Crippen molar-refractivity contribution < 1.29 is 4.79 Å². The molecule has 0 bridgehead atoms. The molecule has 104 valence electrons. The Kier molecular flexibility index (Phi) is 4.75. The summed E-state index contributed by atoms with van der Waals surface area (Å²) in [6, 6.07) is 9.50. The van der Waals surface area contributed by atoms with E-state index in [2.05, 4.69) is 26.6 Å². The Labute approximate surface area is 134 Å². The van der Waals surface area contributed by atoms with Gasteiger partial charge in [-0.15, -0.1) is 0 Å². The molecule has 0 fully saturated rings. The Bertz CT molecular complexity index is 644. The molecule has 2 amide bonds. The number of anilines is 3. The number of carbonyl (C=O) groups excluding carboxylic acids is 1. The number of urea groups is 1. The van der Waals surface area contributed by atoms with E-state index in [0.29, 0.717) is 27.1 Å². The molecular formula is C13H10BrCl2N3O. The monoisotopic (exact) mass is 373 g/mol. The summed E-state index contributed by atoms with van der Waals surface area (Å²) >= 11 is 15.0. The average Bonchev–Trinajstić information content (AvgIpc) is 2.32. The highest BCUT2D eigenvalue weighted by Gasteiger charge is 2.05. The number of nitrogen functional groups attached to an aromatic ring is 1. The number of hydrogen-bond donors (Lipinski definition) is 3. The smallest absolute Gasteiger partial charge is 0.323 e. The third kappa shape index (κ3) is 4.03. The molecule has 0 aliphatic rings. The summed E-state index contributed by atoms with van der Waals surface area (Å²) in [6.07, 6.45) is 0. The van der Waals surface area contributed by atoms with Gasteiger partial charge in [-0.2, -0.15) is 0 Å². The molecule has 2 aromatic carbocycles. The number of hydrogen-bond acceptors (Lipinski definition) is 2. The Balaban J connectivity index is 2.06. The summed E-state index contributed by atoms with van der Waals surface area (Å²) < 4.78 is 0.769. The molecule has 4 N–H and O–H groups in total. The van der Waals surface area contributed by atoms with Crippen LogP contribution in [-0.4, -0.2) is 6.03 Å². The van der Waals surface area contributed by atoms with Crippen LogP contribution in [0, 0.1) is 0 Å². The van der Waals surface area contributed by atoms with Crippen LogP contribution < -0.4 is 16.4 Å². The molecule has 0 aliphatic heterocycles. The van der Waals surface area contributed by atoms with Crippen LogP contribution in [0.3, 0.4) is 0 Å². The van der Waals surface area contributed by atoms with Crippen molar-refractivity contribution in [3.8, 4) is 0 Å². The van der Waals surface area contributed by atoms with Crippen molar-refractivity contribution in [1.82, 2.24) is 0 Å². The standard InChI is InChI=1S/C13H10BrCl2N3O/c14-11-2-1-9(6-12(11)17)18-13(20)19-10-4-7(15)3-8(16)5-10/h1-6H,17H2,(H2,18,19,20). The molecule has 0 heterocycles. The fraction of sp³-hybridized carbons (Fsp3) is 0. The first-order valence-corrected chi connectivity index (χ1v) is 7.08. The summed E-state index contributed by atoms with van der Waals surface area (Å²) in [6.45, 7) is 0. The van der Waals surface area contributed by atoms with Crippen molar-refractivity contribution in [2.45, 2.75) is 0 Å². The van der Waals surface area contributed by atoms with Gasteiger partial charge in [-0.25, -0.2) is 4.79 Å². The van der Waals surface area contributed by atoms with E-state index in [-0.39, 0.29) is 0 Å². The van der Waals surface area contributed by atoms with Gasteiger partial charge in [0.1, 0.15) is 0 Å². The Hall–Kier alpha value is -1.43. The zero-order valence-electron chi connectivity index (χ0n) is 10.1. The van der Waals surface area contributed by atoms with Crippen LogP contribution in [0.15, 0.2) is 40.9 Å². The number of halogens is 3. The van der Waals surface area contributed by atoms with E-state index in [1.807, 2.05) is 0 Å². The van der Waals surface area contributed by atoms with Gasteiger partial charge in [-0.3, -0.25) is 0 Å². The van der Waals surface area contributed by atoms with Crippen molar-refractivity contribution in [3.63, 3.8) is 0 Å². The molecule has 4 nitrogen and oxygen atoms in total. The van der Waals surface area contributed by atoms with Crippen molar-refractivity contribution in [3.05, 3.63) is 50.9 Å². The first-order chi connectivity index (χ1) is 9.44. The van der Waals surface area contributed by atoms with Crippen LogP contribution in [0.4, 0.5) is 21.9 Å². The third-order valence-electron chi connectivity index (χ3n) is 2.37. The molecule has 0 unspecified atom stereocenters. The SMILES string of the molecule is Nc1cc(NC(=O)Nc2cc(Cl)cc(Cl)c2)ccc1Br. The van der Waals surface area contributed by atoms with Crippen LogP contribution >= 0.6 is 39.1 Å². The Morgan fingerprint density at radius 3 is 2.20 bits per heavy atom. The quantitative estimate of drug-likeness (QED) is 0.648. The summed E-state index contributed by atoms with van der Waals surface area (Å²) in [4.78, 5) is 11.8. The van der Waals surface area contributed by atoms with Gasteiger partial charge in [-0.1, -0.05) is 23.2 Å². The Morgan fingerprint density at radius 1 is 1.00 bits per heavy atom. The van der Waals surface area contributed by atoms with Gasteiger partial charge in [0.15, 0.2) is 0 Å². The van der Waals surface area contributed by atoms with Crippen LogP contribution in [-0.2, 0) is 0 Å². The lowest BCUT2D eigenvalue weighted by atomic mass is 10.3. The molecule has 0 radical (unpaired) electrons. The lowest BCUT2D eigenvalue weighted by Gasteiger charge is -2.09. The van der Waals surface area contributed by atoms with Crippen molar-refractivity contribution in [2.75, 3.05) is 16.4 Å². The van der Waals surface area contributed by atoms with Crippen molar-refractivity contribution in [2.24, 2.45) is 0 Å². The molecule has 0 aromatic heterocycles. The van der Waals surface area contributed by atoms with Gasteiger partial charge in [-0.05, 0) is 52.3 Å². The summed E-state index contributed by atoms with van der Waals surface area (Å²) in [5.74, 6) is 0.